The van der Waals surface area contributed by atoms with Crippen LogP contribution in [0.25, 0.3) is 11.3 Å². The maximum Gasteiger partial charge on any atom is 0.346 e. The number of aryl methyl sites for hydroxylation is 1. The van der Waals surface area contributed by atoms with Gasteiger partial charge in [-0.05, 0) is 23.8 Å². The fourth-order valence-corrected chi connectivity index (χ4v) is 3.88. The van der Waals surface area contributed by atoms with Gasteiger partial charge in [0.1, 0.15) is 23.7 Å². The number of hydrogen-bond donors (Lipinski definition) is 1. The first-order chi connectivity index (χ1) is 14.3. The van der Waals surface area contributed by atoms with Crippen LogP contribution in [-0.4, -0.2) is 32.8 Å². The van der Waals surface area contributed by atoms with E-state index in [4.69, 9.17) is 14.3 Å². The van der Waals surface area contributed by atoms with Crippen molar-refractivity contribution < 1.29 is 22.9 Å². The molecule has 156 valence electrons. The summed E-state index contributed by atoms with van der Waals surface area (Å²) in [4.78, 5) is 13.0. The van der Waals surface area contributed by atoms with Crippen LogP contribution in [0.2, 0.25) is 0 Å². The summed E-state index contributed by atoms with van der Waals surface area (Å²) in [5.74, 6) is -1.14. The van der Waals surface area contributed by atoms with E-state index in [0.29, 0.717) is 19.6 Å². The summed E-state index contributed by atoms with van der Waals surface area (Å²) in [6.07, 6.45) is 1.93. The fourth-order valence-electron chi connectivity index (χ4n) is 3.23. The SMILES string of the molecule is CS(=N)(=O)c1ccc(-c2nn3c(c2C(=O)OCc2ccccc2)OCCC3)c(F)c1. The molecule has 1 N–H and O–H groups in total. The molecule has 0 spiro atoms. The summed E-state index contributed by atoms with van der Waals surface area (Å²) < 4.78 is 47.1. The topological polar surface area (TPSA) is 94.3 Å². The summed E-state index contributed by atoms with van der Waals surface area (Å²) in [6, 6.07) is 13.0. The van der Waals surface area contributed by atoms with Crippen molar-refractivity contribution in [3.8, 4) is 17.1 Å². The number of benzene rings is 2. The molecule has 0 saturated heterocycles. The Morgan fingerprint density at radius 3 is 2.77 bits per heavy atom. The van der Waals surface area contributed by atoms with Gasteiger partial charge in [0.2, 0.25) is 5.88 Å². The minimum atomic E-state index is -3.07. The molecular weight excluding hydrogens is 409 g/mol. The number of rotatable bonds is 5. The van der Waals surface area contributed by atoms with E-state index in [0.717, 1.165) is 11.6 Å². The lowest BCUT2D eigenvalue weighted by atomic mass is 10.1. The molecule has 0 saturated carbocycles. The molecule has 2 aromatic carbocycles. The van der Waals surface area contributed by atoms with Crippen LogP contribution in [0.1, 0.15) is 22.3 Å². The van der Waals surface area contributed by atoms with Gasteiger partial charge >= 0.3 is 5.97 Å². The Kier molecular flexibility index (Phi) is 5.29. The zero-order valence-electron chi connectivity index (χ0n) is 16.3. The first-order valence-corrected chi connectivity index (χ1v) is 11.3. The van der Waals surface area contributed by atoms with Crippen molar-refractivity contribution in [2.45, 2.75) is 24.5 Å². The lowest BCUT2D eigenvalue weighted by Crippen LogP contribution is -2.16. The van der Waals surface area contributed by atoms with Gasteiger partial charge in [0, 0.05) is 29.7 Å². The van der Waals surface area contributed by atoms with Crippen molar-refractivity contribution >= 4 is 15.7 Å². The third-order valence-corrected chi connectivity index (χ3v) is 5.87. The van der Waals surface area contributed by atoms with Gasteiger partial charge in [-0.2, -0.15) is 5.10 Å². The van der Waals surface area contributed by atoms with Crippen LogP contribution < -0.4 is 4.74 Å². The number of nitrogens with one attached hydrogen (secondary N) is 1. The first kappa shape index (κ1) is 20.1. The Hall–Kier alpha value is -3.20. The zero-order valence-corrected chi connectivity index (χ0v) is 17.1. The molecule has 1 aromatic heterocycles. The highest BCUT2D eigenvalue weighted by Gasteiger charge is 2.30. The van der Waals surface area contributed by atoms with Crippen molar-refractivity contribution in [3.63, 3.8) is 0 Å². The fraction of sp³-hybridized carbons (Fsp3) is 0.238. The van der Waals surface area contributed by atoms with E-state index in [-0.39, 0.29) is 34.2 Å². The van der Waals surface area contributed by atoms with Gasteiger partial charge in [0.25, 0.3) is 0 Å². The van der Waals surface area contributed by atoms with Crippen LogP contribution in [0.4, 0.5) is 4.39 Å². The van der Waals surface area contributed by atoms with E-state index in [1.165, 1.54) is 23.1 Å². The molecule has 1 aliphatic heterocycles. The lowest BCUT2D eigenvalue weighted by Gasteiger charge is -2.15. The Balaban J connectivity index is 1.74. The molecule has 1 unspecified atom stereocenters. The summed E-state index contributed by atoms with van der Waals surface area (Å²) in [6.45, 7) is 1.01. The zero-order chi connectivity index (χ0) is 21.3. The minimum absolute atomic E-state index is 0.0551. The largest absolute Gasteiger partial charge is 0.477 e. The number of aromatic nitrogens is 2. The van der Waals surface area contributed by atoms with Crippen LogP contribution in [0.5, 0.6) is 5.88 Å². The molecule has 30 heavy (non-hydrogen) atoms. The second-order valence-electron chi connectivity index (χ2n) is 7.00. The van der Waals surface area contributed by atoms with Gasteiger partial charge in [-0.1, -0.05) is 30.3 Å². The number of carbonyl (C=O) groups is 1. The molecule has 9 heteroatoms. The van der Waals surface area contributed by atoms with E-state index in [9.17, 15) is 13.4 Å². The molecule has 2 heterocycles. The van der Waals surface area contributed by atoms with E-state index < -0.39 is 21.5 Å². The number of halogens is 1. The van der Waals surface area contributed by atoms with Crippen LogP contribution in [-0.2, 0) is 27.6 Å². The Morgan fingerprint density at radius 2 is 2.07 bits per heavy atom. The first-order valence-electron chi connectivity index (χ1n) is 9.33. The maximum atomic E-state index is 14.9. The Bertz CT molecular complexity index is 1210. The molecular formula is C21H20FN3O4S. The number of fused-ring (bicyclic) bond motifs is 1. The average Bonchev–Trinajstić information content (AvgIpc) is 3.11. The van der Waals surface area contributed by atoms with Crippen molar-refractivity contribution in [1.29, 1.82) is 4.78 Å². The molecule has 7 nitrogen and oxygen atoms in total. The van der Waals surface area contributed by atoms with Gasteiger partial charge in [-0.3, -0.25) is 0 Å². The van der Waals surface area contributed by atoms with Crippen LogP contribution >= 0.6 is 0 Å². The van der Waals surface area contributed by atoms with Crippen molar-refractivity contribution in [2.75, 3.05) is 12.9 Å². The third kappa shape index (κ3) is 3.93. The number of hydrogen-bond acceptors (Lipinski definition) is 6. The molecule has 0 amide bonds. The molecule has 0 radical (unpaired) electrons. The summed E-state index contributed by atoms with van der Waals surface area (Å²) in [5.41, 5.74) is 1.03. The third-order valence-electron chi connectivity index (χ3n) is 4.72. The van der Waals surface area contributed by atoms with Crippen LogP contribution in [0.15, 0.2) is 53.4 Å². The van der Waals surface area contributed by atoms with Crippen LogP contribution in [0, 0.1) is 10.6 Å². The number of nitrogens with zero attached hydrogens (tertiary/aromatic N) is 2. The standard InChI is InChI=1S/C21H20FN3O4S/c1-30(23,27)15-8-9-16(17(22)12-15)19-18(20-25(24-19)10-5-11-28-20)21(26)29-13-14-6-3-2-4-7-14/h2-4,6-9,12,23H,5,10-11,13H2,1H3. The summed E-state index contributed by atoms with van der Waals surface area (Å²) in [7, 11) is -3.07. The van der Waals surface area contributed by atoms with Gasteiger partial charge in [-0.15, -0.1) is 0 Å². The second kappa shape index (κ2) is 7.91. The highest BCUT2D eigenvalue weighted by atomic mass is 32.2. The summed E-state index contributed by atoms with van der Waals surface area (Å²) >= 11 is 0. The van der Waals surface area contributed by atoms with E-state index >= 15 is 0 Å². The highest BCUT2D eigenvalue weighted by Crippen LogP contribution is 2.35. The van der Waals surface area contributed by atoms with Crippen molar-refractivity contribution in [3.05, 3.63) is 65.5 Å². The summed E-state index contributed by atoms with van der Waals surface area (Å²) in [5, 5.41) is 4.38. The monoisotopic (exact) mass is 429 g/mol. The van der Waals surface area contributed by atoms with Gasteiger partial charge < -0.3 is 9.47 Å². The van der Waals surface area contributed by atoms with E-state index in [1.807, 2.05) is 30.3 Å². The van der Waals surface area contributed by atoms with E-state index in [1.54, 1.807) is 0 Å². The van der Waals surface area contributed by atoms with Crippen LogP contribution in [0.3, 0.4) is 0 Å². The molecule has 1 aliphatic rings. The molecule has 3 aromatic rings. The number of ether oxygens (including phenoxy) is 2. The minimum Gasteiger partial charge on any atom is -0.477 e. The maximum absolute atomic E-state index is 14.9. The smallest absolute Gasteiger partial charge is 0.346 e. The predicted octanol–water partition coefficient (Wildman–Crippen LogP) is 3.86. The van der Waals surface area contributed by atoms with E-state index in [2.05, 4.69) is 5.10 Å². The molecule has 1 atom stereocenters. The van der Waals surface area contributed by atoms with Crippen molar-refractivity contribution in [2.24, 2.45) is 0 Å². The molecule has 4 rings (SSSR count). The molecule has 0 fully saturated rings. The normalized spacial score (nSPS) is 15.0. The predicted molar refractivity (Wildman–Crippen MR) is 108 cm³/mol. The van der Waals surface area contributed by atoms with Crippen molar-refractivity contribution in [1.82, 2.24) is 9.78 Å². The van der Waals surface area contributed by atoms with Gasteiger partial charge in [0.05, 0.1) is 16.3 Å². The lowest BCUT2D eigenvalue weighted by molar-refractivity contribution is 0.0466. The number of carbonyl (C=O) groups excluding carboxylic acids is 1. The second-order valence-corrected chi connectivity index (χ2v) is 9.16. The Labute approximate surface area is 173 Å². The highest BCUT2D eigenvalue weighted by molar-refractivity contribution is 7.91. The average molecular weight is 429 g/mol. The van der Waals surface area contributed by atoms with Gasteiger partial charge in [0.15, 0.2) is 0 Å². The molecule has 0 bridgehead atoms. The molecule has 0 aliphatic carbocycles. The quantitative estimate of drug-likeness (QED) is 0.622. The Morgan fingerprint density at radius 1 is 1.30 bits per heavy atom. The van der Waals surface area contributed by atoms with Gasteiger partial charge in [-0.25, -0.2) is 22.9 Å². The number of esters is 1.